The fourth-order valence-corrected chi connectivity index (χ4v) is 4.10. The van der Waals surface area contributed by atoms with E-state index in [9.17, 15) is 4.79 Å². The molecule has 3 heterocycles. The van der Waals surface area contributed by atoms with Crippen molar-refractivity contribution in [3.05, 3.63) is 77.5 Å². The van der Waals surface area contributed by atoms with E-state index in [0.717, 1.165) is 43.0 Å². The van der Waals surface area contributed by atoms with Crippen molar-refractivity contribution < 1.29 is 4.79 Å². The summed E-state index contributed by atoms with van der Waals surface area (Å²) in [5, 5.41) is 6.53. The smallest absolute Gasteiger partial charge is 0.270 e. The van der Waals surface area contributed by atoms with Crippen LogP contribution in [-0.4, -0.2) is 42.1 Å². The molecule has 1 fully saturated rings. The monoisotopic (exact) mass is 385 g/mol. The van der Waals surface area contributed by atoms with Gasteiger partial charge in [-0.05, 0) is 12.0 Å². The number of fused-ring (bicyclic) bond motifs is 1. The maximum absolute atomic E-state index is 12.6. The first-order chi connectivity index (χ1) is 14.3. The first-order valence-electron chi connectivity index (χ1n) is 10.1. The number of carbonyl (C=O) groups is 1. The lowest BCUT2D eigenvalue weighted by Crippen LogP contribution is -2.47. The second kappa shape index (κ2) is 7.64. The molecule has 6 heteroatoms. The molecular formula is C23H23N5O. The van der Waals surface area contributed by atoms with E-state index in [4.69, 9.17) is 4.98 Å². The number of carbonyl (C=O) groups excluding carboxylic acids is 1. The zero-order chi connectivity index (χ0) is 19.6. The van der Waals surface area contributed by atoms with Crippen LogP contribution in [0.15, 0.2) is 60.7 Å². The highest BCUT2D eigenvalue weighted by atomic mass is 16.1. The molecule has 29 heavy (non-hydrogen) atoms. The zero-order valence-corrected chi connectivity index (χ0v) is 16.1. The van der Waals surface area contributed by atoms with Gasteiger partial charge < -0.3 is 15.5 Å². The molecule has 0 saturated carbocycles. The van der Waals surface area contributed by atoms with Crippen LogP contribution in [0, 0.1) is 0 Å². The van der Waals surface area contributed by atoms with Gasteiger partial charge in [-0.25, -0.2) is 9.97 Å². The van der Waals surface area contributed by atoms with Gasteiger partial charge in [-0.2, -0.15) is 0 Å². The lowest BCUT2D eigenvalue weighted by molar-refractivity contribution is 0.0940. The van der Waals surface area contributed by atoms with E-state index in [-0.39, 0.29) is 11.9 Å². The first-order valence-corrected chi connectivity index (χ1v) is 10.1. The van der Waals surface area contributed by atoms with E-state index in [0.29, 0.717) is 18.1 Å². The molecule has 0 radical (unpaired) electrons. The number of aromatic nitrogens is 2. The lowest BCUT2D eigenvalue weighted by atomic mass is 10.0. The van der Waals surface area contributed by atoms with Crippen molar-refractivity contribution >= 4 is 11.7 Å². The van der Waals surface area contributed by atoms with Gasteiger partial charge in [-0.3, -0.25) is 4.79 Å². The number of nitrogens with one attached hydrogen (secondary N) is 2. The quantitative estimate of drug-likeness (QED) is 0.725. The summed E-state index contributed by atoms with van der Waals surface area (Å²) in [6.45, 7) is 3.15. The average molecular weight is 385 g/mol. The van der Waals surface area contributed by atoms with Crippen LogP contribution in [-0.2, 0) is 6.42 Å². The molecule has 1 saturated heterocycles. The topological polar surface area (TPSA) is 70.2 Å². The minimum Gasteiger partial charge on any atom is -0.353 e. The van der Waals surface area contributed by atoms with Gasteiger partial charge in [0.15, 0.2) is 5.82 Å². The van der Waals surface area contributed by atoms with Crippen LogP contribution in [0.5, 0.6) is 0 Å². The SMILES string of the molecule is O=C1NCCc2c1nc(-c1ccccc1)nc2N1CCNC(c2ccccc2)C1. The molecule has 0 bridgehead atoms. The number of benzene rings is 2. The molecule has 1 amide bonds. The van der Waals surface area contributed by atoms with E-state index in [1.165, 1.54) is 5.56 Å². The third kappa shape index (κ3) is 3.47. The van der Waals surface area contributed by atoms with Crippen LogP contribution < -0.4 is 15.5 Å². The molecule has 2 aromatic carbocycles. The second-order valence-electron chi connectivity index (χ2n) is 7.43. The van der Waals surface area contributed by atoms with Crippen molar-refractivity contribution in [3.8, 4) is 11.4 Å². The van der Waals surface area contributed by atoms with Gasteiger partial charge in [0, 0.05) is 43.3 Å². The molecule has 1 unspecified atom stereocenters. The molecule has 0 aliphatic carbocycles. The summed E-state index contributed by atoms with van der Waals surface area (Å²) in [4.78, 5) is 24.4. The number of piperazine rings is 1. The van der Waals surface area contributed by atoms with Gasteiger partial charge in [0.2, 0.25) is 0 Å². The Morgan fingerprint density at radius 1 is 0.931 bits per heavy atom. The molecule has 146 valence electrons. The fraction of sp³-hybridized carbons (Fsp3) is 0.261. The minimum absolute atomic E-state index is 0.109. The maximum Gasteiger partial charge on any atom is 0.270 e. The van der Waals surface area contributed by atoms with Gasteiger partial charge >= 0.3 is 0 Å². The summed E-state index contributed by atoms with van der Waals surface area (Å²) in [6.07, 6.45) is 0.755. The van der Waals surface area contributed by atoms with Crippen molar-refractivity contribution in [1.29, 1.82) is 0 Å². The normalized spacial score (nSPS) is 18.8. The maximum atomic E-state index is 12.6. The Labute approximate surface area is 170 Å². The summed E-state index contributed by atoms with van der Waals surface area (Å²) < 4.78 is 0. The Bertz CT molecular complexity index is 1020. The minimum atomic E-state index is -0.109. The van der Waals surface area contributed by atoms with Gasteiger partial charge in [0.25, 0.3) is 5.91 Å². The average Bonchev–Trinajstić information content (AvgIpc) is 2.80. The number of amides is 1. The van der Waals surface area contributed by atoms with Crippen LogP contribution in [0.1, 0.15) is 27.7 Å². The molecule has 1 atom stereocenters. The molecule has 2 N–H and O–H groups in total. The molecular weight excluding hydrogens is 362 g/mol. The third-order valence-electron chi connectivity index (χ3n) is 5.57. The van der Waals surface area contributed by atoms with E-state index in [1.54, 1.807) is 0 Å². The molecule has 3 aromatic rings. The summed E-state index contributed by atoms with van der Waals surface area (Å²) in [7, 11) is 0. The fourth-order valence-electron chi connectivity index (χ4n) is 4.10. The standard InChI is InChI=1S/C23H23N5O/c29-23-20-18(11-12-25-23)22(27-21(26-20)17-9-5-2-6-10-17)28-14-13-24-19(15-28)16-7-3-1-4-8-16/h1-10,19,24H,11-15H2,(H,25,29). The van der Waals surface area contributed by atoms with Crippen LogP contribution >= 0.6 is 0 Å². The summed E-state index contributed by atoms with van der Waals surface area (Å²) >= 11 is 0. The Morgan fingerprint density at radius 3 is 2.48 bits per heavy atom. The van der Waals surface area contributed by atoms with E-state index >= 15 is 0 Å². The Balaban J connectivity index is 1.56. The van der Waals surface area contributed by atoms with Crippen molar-refractivity contribution in [1.82, 2.24) is 20.6 Å². The third-order valence-corrected chi connectivity index (χ3v) is 5.57. The summed E-state index contributed by atoms with van der Waals surface area (Å²) in [6, 6.07) is 20.6. The Kier molecular flexibility index (Phi) is 4.69. The molecule has 1 aromatic heterocycles. The second-order valence-corrected chi connectivity index (χ2v) is 7.43. The number of rotatable bonds is 3. The molecule has 6 nitrogen and oxygen atoms in total. The number of anilines is 1. The zero-order valence-electron chi connectivity index (χ0n) is 16.1. The van der Waals surface area contributed by atoms with Crippen molar-refractivity contribution in [2.24, 2.45) is 0 Å². The molecule has 2 aliphatic heterocycles. The highest BCUT2D eigenvalue weighted by Gasteiger charge is 2.29. The van der Waals surface area contributed by atoms with Gasteiger partial charge in [-0.1, -0.05) is 60.7 Å². The number of hydrogen-bond acceptors (Lipinski definition) is 5. The lowest BCUT2D eigenvalue weighted by Gasteiger charge is -2.36. The predicted octanol–water partition coefficient (Wildman–Crippen LogP) is 2.58. The van der Waals surface area contributed by atoms with Gasteiger partial charge in [0.1, 0.15) is 11.5 Å². The number of hydrogen-bond donors (Lipinski definition) is 2. The Hall–Kier alpha value is -3.25. The van der Waals surface area contributed by atoms with Crippen LogP contribution in [0.2, 0.25) is 0 Å². The molecule has 2 aliphatic rings. The van der Waals surface area contributed by atoms with Gasteiger partial charge in [-0.15, -0.1) is 0 Å². The summed E-state index contributed by atoms with van der Waals surface area (Å²) in [5.41, 5.74) is 3.66. The highest BCUT2D eigenvalue weighted by Crippen LogP contribution is 2.30. The first kappa shape index (κ1) is 17.8. The highest BCUT2D eigenvalue weighted by molar-refractivity contribution is 5.96. The Morgan fingerprint density at radius 2 is 1.69 bits per heavy atom. The van der Waals surface area contributed by atoms with E-state index < -0.39 is 0 Å². The van der Waals surface area contributed by atoms with E-state index in [1.807, 2.05) is 36.4 Å². The van der Waals surface area contributed by atoms with Crippen LogP contribution in [0.3, 0.4) is 0 Å². The van der Waals surface area contributed by atoms with Crippen molar-refractivity contribution in [2.45, 2.75) is 12.5 Å². The predicted molar refractivity (Wildman–Crippen MR) is 113 cm³/mol. The van der Waals surface area contributed by atoms with Crippen LogP contribution in [0.25, 0.3) is 11.4 Å². The largest absolute Gasteiger partial charge is 0.353 e. The van der Waals surface area contributed by atoms with Crippen molar-refractivity contribution in [2.75, 3.05) is 31.1 Å². The summed E-state index contributed by atoms with van der Waals surface area (Å²) in [5.74, 6) is 1.39. The molecule has 5 rings (SSSR count). The van der Waals surface area contributed by atoms with Crippen LogP contribution in [0.4, 0.5) is 5.82 Å². The van der Waals surface area contributed by atoms with Gasteiger partial charge in [0.05, 0.1) is 0 Å². The van der Waals surface area contributed by atoms with E-state index in [2.05, 4.69) is 44.8 Å². The molecule has 0 spiro atoms. The number of nitrogens with zero attached hydrogens (tertiary/aromatic N) is 3. The van der Waals surface area contributed by atoms with Crippen molar-refractivity contribution in [3.63, 3.8) is 0 Å².